The molecule has 0 aliphatic carbocycles. The minimum atomic E-state index is -4.50. The minimum absolute atomic E-state index is 0. The van der Waals surface area contributed by atoms with Gasteiger partial charge in [0.1, 0.15) is 5.69 Å². The lowest BCUT2D eigenvalue weighted by atomic mass is 10.0. The quantitative estimate of drug-likeness (QED) is 0.641. The summed E-state index contributed by atoms with van der Waals surface area (Å²) in [7, 11) is 0. The van der Waals surface area contributed by atoms with Crippen molar-refractivity contribution in [3.8, 4) is 0 Å². The number of amides is 1. The van der Waals surface area contributed by atoms with Gasteiger partial charge in [0.15, 0.2) is 0 Å². The maximum atomic E-state index is 12.5. The monoisotopic (exact) mass is 367 g/mol. The Bertz CT molecular complexity index is 523. The van der Waals surface area contributed by atoms with Crippen LogP contribution in [-0.2, 0) is 11.0 Å². The molecular formula is C14H21ClF3N5O. The number of hydrogen-bond donors (Lipinski definition) is 3. The van der Waals surface area contributed by atoms with Gasteiger partial charge in [-0.1, -0.05) is 0 Å². The maximum absolute atomic E-state index is 12.5. The van der Waals surface area contributed by atoms with Crippen LogP contribution < -0.4 is 16.0 Å². The molecule has 1 amide bonds. The molecule has 136 valence electrons. The molecular weight excluding hydrogens is 347 g/mol. The van der Waals surface area contributed by atoms with Crippen molar-refractivity contribution in [3.63, 3.8) is 0 Å². The molecule has 2 rings (SSSR count). The summed E-state index contributed by atoms with van der Waals surface area (Å²) in [5.41, 5.74) is -0.996. The Kier molecular flexibility index (Phi) is 8.20. The highest BCUT2D eigenvalue weighted by molar-refractivity contribution is 5.85. The van der Waals surface area contributed by atoms with Crippen LogP contribution in [0.2, 0.25) is 0 Å². The Balaban J connectivity index is 0.00000288. The van der Waals surface area contributed by atoms with Gasteiger partial charge in [0.2, 0.25) is 11.9 Å². The van der Waals surface area contributed by atoms with Crippen molar-refractivity contribution < 1.29 is 18.0 Å². The Morgan fingerprint density at radius 1 is 1.38 bits per heavy atom. The third-order valence-electron chi connectivity index (χ3n) is 3.62. The van der Waals surface area contributed by atoms with Gasteiger partial charge in [-0.15, -0.1) is 12.4 Å². The largest absolute Gasteiger partial charge is 0.433 e. The van der Waals surface area contributed by atoms with Gasteiger partial charge in [0, 0.05) is 25.7 Å². The summed E-state index contributed by atoms with van der Waals surface area (Å²) in [4.78, 5) is 18.8. The fourth-order valence-electron chi connectivity index (χ4n) is 2.36. The van der Waals surface area contributed by atoms with Crippen molar-refractivity contribution in [2.24, 2.45) is 5.92 Å². The van der Waals surface area contributed by atoms with Crippen molar-refractivity contribution in [1.29, 1.82) is 0 Å². The highest BCUT2D eigenvalue weighted by atomic mass is 35.5. The predicted octanol–water partition coefficient (Wildman–Crippen LogP) is 1.83. The number of anilines is 1. The molecule has 24 heavy (non-hydrogen) atoms. The topological polar surface area (TPSA) is 78.9 Å². The summed E-state index contributed by atoms with van der Waals surface area (Å²) in [5, 5.41) is 8.63. The van der Waals surface area contributed by atoms with E-state index in [0.717, 1.165) is 38.2 Å². The maximum Gasteiger partial charge on any atom is 0.433 e. The van der Waals surface area contributed by atoms with Gasteiger partial charge in [-0.05, 0) is 37.9 Å². The van der Waals surface area contributed by atoms with Crippen LogP contribution in [0.5, 0.6) is 0 Å². The van der Waals surface area contributed by atoms with E-state index in [0.29, 0.717) is 18.9 Å². The summed E-state index contributed by atoms with van der Waals surface area (Å²) in [6.45, 7) is 2.54. The lowest BCUT2D eigenvalue weighted by Gasteiger charge is -2.10. The molecule has 0 aromatic carbocycles. The van der Waals surface area contributed by atoms with E-state index < -0.39 is 11.9 Å². The van der Waals surface area contributed by atoms with E-state index in [4.69, 9.17) is 0 Å². The van der Waals surface area contributed by atoms with Crippen LogP contribution >= 0.6 is 12.4 Å². The summed E-state index contributed by atoms with van der Waals surface area (Å²) >= 11 is 0. The second kappa shape index (κ2) is 9.63. The van der Waals surface area contributed by atoms with Crippen LogP contribution in [0.3, 0.4) is 0 Å². The van der Waals surface area contributed by atoms with E-state index in [1.807, 2.05) is 0 Å². The first kappa shape index (κ1) is 20.4. The van der Waals surface area contributed by atoms with Crippen LogP contribution in [0.4, 0.5) is 19.1 Å². The molecule has 1 aliphatic rings. The number of halogens is 4. The van der Waals surface area contributed by atoms with Crippen LogP contribution in [0.15, 0.2) is 12.3 Å². The van der Waals surface area contributed by atoms with Gasteiger partial charge in [-0.2, -0.15) is 13.2 Å². The van der Waals surface area contributed by atoms with Gasteiger partial charge >= 0.3 is 6.18 Å². The summed E-state index contributed by atoms with van der Waals surface area (Å²) < 4.78 is 37.5. The molecule has 3 N–H and O–H groups in total. The van der Waals surface area contributed by atoms with Gasteiger partial charge in [-0.25, -0.2) is 9.97 Å². The molecule has 0 spiro atoms. The number of nitrogens with zero attached hydrogens (tertiary/aromatic N) is 2. The van der Waals surface area contributed by atoms with Crippen LogP contribution in [-0.4, -0.2) is 42.1 Å². The number of carbonyl (C=O) groups excluding carboxylic acids is 1. The molecule has 6 nitrogen and oxygen atoms in total. The van der Waals surface area contributed by atoms with E-state index >= 15 is 0 Å². The summed E-state index contributed by atoms with van der Waals surface area (Å²) in [6.07, 6.45) is -1.04. The third-order valence-corrected chi connectivity index (χ3v) is 3.62. The molecule has 1 fully saturated rings. The van der Waals surface area contributed by atoms with E-state index in [-0.39, 0.29) is 30.8 Å². The van der Waals surface area contributed by atoms with Gasteiger partial charge in [0.25, 0.3) is 0 Å². The standard InChI is InChI=1S/C14H20F3N5O.ClH/c15-14(16,17)11-4-6-20-13(22-11)21-8-7-19-12(23)2-1-10-3-5-18-9-10;/h4,6,10,18H,1-3,5,7-9H2,(H,19,23)(H,20,21,22);1H. The minimum Gasteiger partial charge on any atom is -0.354 e. The predicted molar refractivity (Wildman–Crippen MR) is 86.0 cm³/mol. The molecule has 1 unspecified atom stereocenters. The van der Waals surface area contributed by atoms with Gasteiger partial charge in [0.05, 0.1) is 0 Å². The third kappa shape index (κ3) is 6.88. The van der Waals surface area contributed by atoms with Crippen molar-refractivity contribution in [2.45, 2.75) is 25.4 Å². The Hall–Kier alpha value is -1.61. The molecule has 1 aromatic rings. The molecule has 10 heteroatoms. The fourth-order valence-corrected chi connectivity index (χ4v) is 2.36. The van der Waals surface area contributed by atoms with Crippen LogP contribution in [0, 0.1) is 5.92 Å². The van der Waals surface area contributed by atoms with E-state index in [1.165, 1.54) is 0 Å². The number of alkyl halides is 3. The Morgan fingerprint density at radius 3 is 2.83 bits per heavy atom. The first-order chi connectivity index (χ1) is 10.9. The SMILES string of the molecule is Cl.O=C(CCC1CCNC1)NCCNc1nccc(C(F)(F)F)n1. The number of carbonyl (C=O) groups is 1. The average Bonchev–Trinajstić information content (AvgIpc) is 3.02. The number of hydrogen-bond acceptors (Lipinski definition) is 5. The fraction of sp³-hybridized carbons (Fsp3) is 0.643. The van der Waals surface area contributed by atoms with E-state index in [2.05, 4.69) is 25.9 Å². The second-order valence-corrected chi connectivity index (χ2v) is 5.44. The number of aromatic nitrogens is 2. The normalized spacial score (nSPS) is 17.2. The first-order valence-electron chi connectivity index (χ1n) is 7.56. The van der Waals surface area contributed by atoms with Crippen molar-refractivity contribution in [3.05, 3.63) is 18.0 Å². The summed E-state index contributed by atoms with van der Waals surface area (Å²) in [6, 6.07) is 0.810. The molecule has 1 aliphatic heterocycles. The lowest BCUT2D eigenvalue weighted by molar-refractivity contribution is -0.141. The van der Waals surface area contributed by atoms with E-state index in [1.54, 1.807) is 0 Å². The highest BCUT2D eigenvalue weighted by Crippen LogP contribution is 2.27. The number of rotatable bonds is 7. The zero-order valence-corrected chi connectivity index (χ0v) is 13.8. The molecule has 1 atom stereocenters. The van der Waals surface area contributed by atoms with Crippen LogP contribution in [0.25, 0.3) is 0 Å². The van der Waals surface area contributed by atoms with Crippen LogP contribution in [0.1, 0.15) is 25.0 Å². The van der Waals surface area contributed by atoms with Gasteiger partial charge in [-0.3, -0.25) is 4.79 Å². The molecule has 0 saturated carbocycles. The van der Waals surface area contributed by atoms with Gasteiger partial charge < -0.3 is 16.0 Å². The van der Waals surface area contributed by atoms with Crippen molar-refractivity contribution in [2.75, 3.05) is 31.5 Å². The molecule has 0 bridgehead atoms. The van der Waals surface area contributed by atoms with E-state index in [9.17, 15) is 18.0 Å². The Morgan fingerprint density at radius 2 is 2.17 bits per heavy atom. The molecule has 2 heterocycles. The molecule has 1 aromatic heterocycles. The Labute approximate surface area is 144 Å². The number of nitrogens with one attached hydrogen (secondary N) is 3. The average molecular weight is 368 g/mol. The molecule has 0 radical (unpaired) electrons. The lowest BCUT2D eigenvalue weighted by Crippen LogP contribution is -2.29. The zero-order valence-electron chi connectivity index (χ0n) is 13.0. The second-order valence-electron chi connectivity index (χ2n) is 5.44. The van der Waals surface area contributed by atoms with Crippen molar-refractivity contribution >= 4 is 24.3 Å². The molecule has 1 saturated heterocycles. The van der Waals surface area contributed by atoms with Crippen molar-refractivity contribution in [1.82, 2.24) is 20.6 Å². The first-order valence-corrected chi connectivity index (χ1v) is 7.56. The summed E-state index contributed by atoms with van der Waals surface area (Å²) in [5.74, 6) is 0.396. The smallest absolute Gasteiger partial charge is 0.354 e. The zero-order chi connectivity index (χ0) is 16.7. The highest BCUT2D eigenvalue weighted by Gasteiger charge is 2.32.